The number of nitrogen functional groups attached to an aromatic ring is 1. The van der Waals surface area contributed by atoms with Crippen LogP contribution in [-0.4, -0.2) is 77.1 Å². The number of carbonyl (C=O) groups is 1. The molecule has 4 heterocycles. The molecule has 1 aliphatic heterocycles. The number of aliphatic carboxylic acids is 1. The number of aromatic nitrogens is 5. The standard InChI is InChI=1S/C29H24ClF3N6O7S/c30-27-37-23(34)20-24(38-27)39(12-35-20)25-22(41)21(40)18(45-25)10-44-28(26(42)43,19-11-47-13-36-19)9-14-5-7-15(8-6-14)16-3-1-2-4-17(16)46-29(31,32)33/h1-8,11-13,18,21-22,25,40-41H,9-10H2,(H,42,43)(H2,34,37,38)/t18-,21-,22-,25-,28?/m1/s1. The number of carboxylic acids is 1. The molecule has 246 valence electrons. The van der Waals surface area contributed by atoms with Crippen molar-refractivity contribution in [3.63, 3.8) is 0 Å². The minimum absolute atomic E-state index is 0.00643. The first kappa shape index (κ1) is 32.5. The average molecular weight is 693 g/mol. The lowest BCUT2D eigenvalue weighted by atomic mass is 9.90. The number of imidazole rings is 1. The van der Waals surface area contributed by atoms with Gasteiger partial charge in [0.05, 0.1) is 24.1 Å². The highest BCUT2D eigenvalue weighted by Crippen LogP contribution is 2.38. The topological polar surface area (TPSA) is 188 Å². The van der Waals surface area contributed by atoms with Crippen molar-refractivity contribution in [2.24, 2.45) is 0 Å². The van der Waals surface area contributed by atoms with Gasteiger partial charge in [-0.3, -0.25) is 4.57 Å². The van der Waals surface area contributed by atoms with E-state index in [4.69, 9.17) is 26.8 Å². The predicted molar refractivity (Wildman–Crippen MR) is 160 cm³/mol. The summed E-state index contributed by atoms with van der Waals surface area (Å²) in [7, 11) is 0. The minimum Gasteiger partial charge on any atom is -0.479 e. The van der Waals surface area contributed by atoms with Crippen LogP contribution in [0.15, 0.2) is 65.7 Å². The molecule has 1 aliphatic rings. The minimum atomic E-state index is -4.89. The lowest BCUT2D eigenvalue weighted by Gasteiger charge is -2.30. The first-order valence-corrected chi connectivity index (χ1v) is 15.1. The predicted octanol–water partition coefficient (Wildman–Crippen LogP) is 3.94. The smallest absolute Gasteiger partial charge is 0.479 e. The Morgan fingerprint density at radius 3 is 2.51 bits per heavy atom. The number of aliphatic hydroxyl groups is 2. The van der Waals surface area contributed by atoms with Gasteiger partial charge in [0.15, 0.2) is 17.7 Å². The molecule has 3 aromatic heterocycles. The Kier molecular flexibility index (Phi) is 8.77. The van der Waals surface area contributed by atoms with Gasteiger partial charge < -0.3 is 35.3 Å². The Bertz CT molecular complexity index is 1900. The maximum Gasteiger partial charge on any atom is 0.573 e. The van der Waals surface area contributed by atoms with Crippen LogP contribution >= 0.6 is 22.9 Å². The monoisotopic (exact) mass is 692 g/mol. The summed E-state index contributed by atoms with van der Waals surface area (Å²) in [5.74, 6) is -1.80. The SMILES string of the molecule is Nc1nc(Cl)nc2c1ncn2[C@@H]1O[C@H](COC(Cc2ccc(-c3ccccc3OC(F)(F)F)cc2)(C(=O)O)c2cscn2)[C@@H](O)[C@H]1O. The van der Waals surface area contributed by atoms with Crippen LogP contribution in [-0.2, 0) is 26.3 Å². The van der Waals surface area contributed by atoms with Crippen molar-refractivity contribution in [2.75, 3.05) is 12.3 Å². The van der Waals surface area contributed by atoms with E-state index in [2.05, 4.69) is 24.7 Å². The molecule has 0 bridgehead atoms. The number of nitrogens with two attached hydrogens (primary N) is 1. The molecule has 1 fully saturated rings. The van der Waals surface area contributed by atoms with Gasteiger partial charge in [-0.15, -0.1) is 24.5 Å². The molecule has 5 N–H and O–H groups in total. The molecule has 0 aliphatic carbocycles. The van der Waals surface area contributed by atoms with Gasteiger partial charge in [-0.2, -0.15) is 9.97 Å². The van der Waals surface area contributed by atoms with Crippen LogP contribution in [0, 0.1) is 0 Å². The lowest BCUT2D eigenvalue weighted by molar-refractivity contribution is -0.274. The fraction of sp³-hybridized carbons (Fsp3) is 0.276. The van der Waals surface area contributed by atoms with Gasteiger partial charge in [-0.1, -0.05) is 42.5 Å². The second-order valence-electron chi connectivity index (χ2n) is 10.5. The van der Waals surface area contributed by atoms with E-state index >= 15 is 0 Å². The van der Waals surface area contributed by atoms with Crippen molar-refractivity contribution in [1.29, 1.82) is 0 Å². The maximum atomic E-state index is 13.0. The van der Waals surface area contributed by atoms with Crippen LogP contribution in [0.3, 0.4) is 0 Å². The Labute approximate surface area is 272 Å². The van der Waals surface area contributed by atoms with Gasteiger partial charge in [0, 0.05) is 17.4 Å². The summed E-state index contributed by atoms with van der Waals surface area (Å²) in [5.41, 5.74) is 6.63. The average Bonchev–Trinajstić information content (AvgIpc) is 3.76. The molecular weight excluding hydrogens is 669 g/mol. The molecule has 1 saturated heterocycles. The Balaban J connectivity index is 1.25. The highest BCUT2D eigenvalue weighted by atomic mass is 35.5. The molecule has 13 nitrogen and oxygen atoms in total. The van der Waals surface area contributed by atoms with E-state index in [1.165, 1.54) is 52.1 Å². The number of anilines is 1. The second-order valence-corrected chi connectivity index (χ2v) is 11.5. The zero-order valence-corrected chi connectivity index (χ0v) is 25.4. The fourth-order valence-corrected chi connectivity index (χ4v) is 6.09. The number of carboxylic acid groups (broad SMARTS) is 1. The van der Waals surface area contributed by atoms with Crippen LogP contribution in [0.4, 0.5) is 19.0 Å². The van der Waals surface area contributed by atoms with Gasteiger partial charge >= 0.3 is 12.3 Å². The van der Waals surface area contributed by atoms with Crippen LogP contribution < -0.4 is 10.5 Å². The number of hydrogen-bond donors (Lipinski definition) is 4. The van der Waals surface area contributed by atoms with Gasteiger partial charge in [-0.05, 0) is 28.8 Å². The number of hydrogen-bond acceptors (Lipinski definition) is 12. The molecule has 2 aromatic carbocycles. The number of rotatable bonds is 10. The first-order chi connectivity index (χ1) is 22.4. The van der Waals surface area contributed by atoms with E-state index in [0.29, 0.717) is 11.1 Å². The zero-order chi connectivity index (χ0) is 33.5. The number of fused-ring (bicyclic) bond motifs is 1. The van der Waals surface area contributed by atoms with E-state index in [1.54, 1.807) is 18.2 Å². The summed E-state index contributed by atoms with van der Waals surface area (Å²) in [4.78, 5) is 29.2. The number of aliphatic hydroxyl groups excluding tert-OH is 2. The first-order valence-electron chi connectivity index (χ1n) is 13.7. The van der Waals surface area contributed by atoms with E-state index in [0.717, 1.165) is 11.3 Å². The summed E-state index contributed by atoms with van der Waals surface area (Å²) in [6.45, 7) is -0.497. The fourth-order valence-electron chi connectivity index (χ4n) is 5.30. The lowest BCUT2D eigenvalue weighted by Crippen LogP contribution is -2.44. The number of benzene rings is 2. The number of thiazole rings is 1. The van der Waals surface area contributed by atoms with E-state index < -0.39 is 54.8 Å². The highest BCUT2D eigenvalue weighted by molar-refractivity contribution is 7.07. The maximum absolute atomic E-state index is 13.0. The quantitative estimate of drug-likeness (QED) is 0.155. The summed E-state index contributed by atoms with van der Waals surface area (Å²) in [6, 6.07) is 11.8. The summed E-state index contributed by atoms with van der Waals surface area (Å²) >= 11 is 7.08. The van der Waals surface area contributed by atoms with Crippen LogP contribution in [0.2, 0.25) is 5.28 Å². The van der Waals surface area contributed by atoms with Crippen molar-refractivity contribution in [3.8, 4) is 16.9 Å². The normalized spacial score (nSPS) is 21.1. The molecule has 47 heavy (non-hydrogen) atoms. The van der Waals surface area contributed by atoms with E-state index in [1.807, 2.05) is 0 Å². The summed E-state index contributed by atoms with van der Waals surface area (Å²) in [6.07, 6.45) is -9.33. The molecule has 0 radical (unpaired) electrons. The number of ether oxygens (including phenoxy) is 3. The largest absolute Gasteiger partial charge is 0.573 e. The number of halogens is 4. The highest BCUT2D eigenvalue weighted by Gasteiger charge is 2.49. The Hall–Kier alpha value is -4.39. The number of alkyl halides is 3. The third kappa shape index (κ3) is 6.45. The zero-order valence-electron chi connectivity index (χ0n) is 23.8. The molecule has 6 rings (SSSR count). The molecular formula is C29H24ClF3N6O7S. The van der Waals surface area contributed by atoms with Crippen molar-refractivity contribution >= 4 is 45.9 Å². The van der Waals surface area contributed by atoms with Gasteiger partial charge in [0.1, 0.15) is 29.6 Å². The van der Waals surface area contributed by atoms with Crippen LogP contribution in [0.25, 0.3) is 22.3 Å². The van der Waals surface area contributed by atoms with Crippen molar-refractivity contribution in [3.05, 3.63) is 82.3 Å². The van der Waals surface area contributed by atoms with Gasteiger partial charge in [0.2, 0.25) is 10.9 Å². The third-order valence-electron chi connectivity index (χ3n) is 7.55. The van der Waals surface area contributed by atoms with Gasteiger partial charge in [-0.25, -0.2) is 14.8 Å². The van der Waals surface area contributed by atoms with Crippen molar-refractivity contribution < 1.29 is 47.5 Å². The molecule has 1 unspecified atom stereocenters. The molecule has 0 spiro atoms. The number of nitrogens with zero attached hydrogens (tertiary/aromatic N) is 5. The Morgan fingerprint density at radius 2 is 1.83 bits per heavy atom. The van der Waals surface area contributed by atoms with E-state index in [9.17, 15) is 33.3 Å². The molecule has 5 aromatic rings. The molecule has 0 amide bonds. The molecule has 0 saturated carbocycles. The van der Waals surface area contributed by atoms with Crippen LogP contribution in [0.5, 0.6) is 5.75 Å². The van der Waals surface area contributed by atoms with Crippen molar-refractivity contribution in [1.82, 2.24) is 24.5 Å². The summed E-state index contributed by atoms with van der Waals surface area (Å²) < 4.78 is 56.3. The van der Waals surface area contributed by atoms with Crippen LogP contribution in [0.1, 0.15) is 17.5 Å². The molecule has 5 atom stereocenters. The van der Waals surface area contributed by atoms with E-state index in [-0.39, 0.29) is 39.9 Å². The Morgan fingerprint density at radius 1 is 1.09 bits per heavy atom. The van der Waals surface area contributed by atoms with Gasteiger partial charge in [0.25, 0.3) is 0 Å². The third-order valence-corrected chi connectivity index (χ3v) is 8.30. The summed E-state index contributed by atoms with van der Waals surface area (Å²) in [5, 5.41) is 33.6. The van der Waals surface area contributed by atoms with Crippen molar-refractivity contribution in [2.45, 2.75) is 42.9 Å². The number of para-hydroxylation sites is 1. The second kappa shape index (κ2) is 12.7. The molecule has 18 heteroatoms.